The number of para-hydroxylation sites is 1. The zero-order valence-corrected chi connectivity index (χ0v) is 20.0. The van der Waals surface area contributed by atoms with Crippen LogP contribution in [0.3, 0.4) is 0 Å². The van der Waals surface area contributed by atoms with Gasteiger partial charge in [0, 0.05) is 6.54 Å². The lowest BCUT2D eigenvalue weighted by Gasteiger charge is -2.30. The molecule has 2 N–H and O–H groups in total. The molecule has 0 saturated heterocycles. The molecule has 1 amide bonds. The molecule has 3 rings (SSSR count). The molecule has 3 aromatic rings. The summed E-state index contributed by atoms with van der Waals surface area (Å²) in [7, 11) is -4.11. The molecule has 9 heteroatoms. The molecule has 1 unspecified atom stereocenters. The molecule has 0 spiro atoms. The average molecular weight is 491 g/mol. The Hall–Kier alpha value is -2.65. The minimum atomic E-state index is -4.11. The highest BCUT2D eigenvalue weighted by Crippen LogP contribution is 2.27. The van der Waals surface area contributed by atoms with Gasteiger partial charge >= 0.3 is 0 Å². The van der Waals surface area contributed by atoms with Crippen LogP contribution in [-0.4, -0.2) is 43.0 Å². The minimum absolute atomic E-state index is 0.00825. The van der Waals surface area contributed by atoms with Gasteiger partial charge in [0.15, 0.2) is 0 Å². The van der Waals surface area contributed by atoms with Gasteiger partial charge in [0.25, 0.3) is 5.91 Å². The molecule has 33 heavy (non-hydrogen) atoms. The highest BCUT2D eigenvalue weighted by molar-refractivity contribution is 7.89. The van der Waals surface area contributed by atoms with E-state index in [1.54, 1.807) is 41.9 Å². The van der Waals surface area contributed by atoms with Gasteiger partial charge in [-0.15, -0.1) is 0 Å². The van der Waals surface area contributed by atoms with Gasteiger partial charge in [-0.2, -0.15) is 4.31 Å². The fourth-order valence-electron chi connectivity index (χ4n) is 3.59. The normalized spacial score (nSPS) is 12.8. The maximum absolute atomic E-state index is 13.7. The molecule has 3 aromatic carbocycles. The molecule has 1 atom stereocenters. The van der Waals surface area contributed by atoms with E-state index in [1.807, 2.05) is 38.1 Å². The number of fused-ring (bicyclic) bond motifs is 1. The first-order valence-electron chi connectivity index (χ1n) is 10.6. The number of carbonyl (C=O) groups is 1. The zero-order valence-electron chi connectivity index (χ0n) is 18.4. The van der Waals surface area contributed by atoms with Gasteiger partial charge < -0.3 is 4.74 Å². The molecule has 0 aliphatic rings. The van der Waals surface area contributed by atoms with Crippen LogP contribution < -0.4 is 10.2 Å². The monoisotopic (exact) mass is 490 g/mol. The molecule has 0 heterocycles. The molecule has 7 nitrogen and oxygen atoms in total. The van der Waals surface area contributed by atoms with Gasteiger partial charge in [0.2, 0.25) is 10.0 Å². The Labute approximate surface area is 198 Å². The van der Waals surface area contributed by atoms with Crippen LogP contribution in [0.25, 0.3) is 10.8 Å². The largest absolute Gasteiger partial charge is 0.491 e. The van der Waals surface area contributed by atoms with Crippen LogP contribution in [0, 0.1) is 5.92 Å². The molecule has 0 aliphatic carbocycles. The molecule has 0 aliphatic heterocycles. The smallest absolute Gasteiger partial charge is 0.261 e. The van der Waals surface area contributed by atoms with Crippen LogP contribution in [0.4, 0.5) is 0 Å². The van der Waals surface area contributed by atoms with E-state index < -0.39 is 22.0 Å². The molecule has 0 bridgehead atoms. The van der Waals surface area contributed by atoms with Gasteiger partial charge in [0.1, 0.15) is 18.4 Å². The lowest BCUT2D eigenvalue weighted by molar-refractivity contribution is -0.133. The fourth-order valence-corrected chi connectivity index (χ4v) is 5.40. The Balaban J connectivity index is 1.97. The number of halogens is 1. The Morgan fingerprint density at radius 3 is 2.39 bits per heavy atom. The molecule has 0 radical (unpaired) electrons. The van der Waals surface area contributed by atoms with Gasteiger partial charge in [-0.1, -0.05) is 67.9 Å². The Morgan fingerprint density at radius 1 is 1.06 bits per heavy atom. The number of carbonyl (C=O) groups excluding carboxylic acids is 1. The first-order valence-corrected chi connectivity index (χ1v) is 12.4. The first kappa shape index (κ1) is 25.0. The summed E-state index contributed by atoms with van der Waals surface area (Å²) >= 11 is 6.13. The second-order valence-electron chi connectivity index (χ2n) is 8.02. The highest BCUT2D eigenvalue weighted by atomic mass is 35.5. The van der Waals surface area contributed by atoms with E-state index >= 15 is 0 Å². The van der Waals surface area contributed by atoms with Gasteiger partial charge in [-0.3, -0.25) is 10.0 Å². The minimum Gasteiger partial charge on any atom is -0.491 e. The number of benzene rings is 3. The molecular weight excluding hydrogens is 464 g/mol. The van der Waals surface area contributed by atoms with Crippen LogP contribution in [0.15, 0.2) is 71.6 Å². The van der Waals surface area contributed by atoms with Crippen molar-refractivity contribution in [2.75, 3.05) is 13.2 Å². The summed E-state index contributed by atoms with van der Waals surface area (Å²) in [5.74, 6) is -0.397. The second-order valence-corrected chi connectivity index (χ2v) is 10.3. The number of nitrogens with one attached hydrogen (secondary N) is 1. The number of ether oxygens (including phenoxy) is 1. The number of amides is 1. The average Bonchev–Trinajstić information content (AvgIpc) is 2.80. The third-order valence-electron chi connectivity index (χ3n) is 5.19. The number of nitrogens with zero attached hydrogens (tertiary/aromatic N) is 1. The number of hydroxylamine groups is 1. The number of hydrogen-bond donors (Lipinski definition) is 2. The quantitative estimate of drug-likeness (QED) is 0.322. The summed E-state index contributed by atoms with van der Waals surface area (Å²) in [6.45, 7) is 3.59. The van der Waals surface area contributed by atoms with Crippen molar-refractivity contribution in [3.63, 3.8) is 0 Å². The lowest BCUT2D eigenvalue weighted by Crippen LogP contribution is -2.50. The summed E-state index contributed by atoms with van der Waals surface area (Å²) in [6, 6.07) is 18.0. The maximum atomic E-state index is 13.7. The van der Waals surface area contributed by atoms with Crippen molar-refractivity contribution in [2.45, 2.75) is 31.2 Å². The number of sulfonamides is 1. The van der Waals surface area contributed by atoms with Crippen molar-refractivity contribution < 1.29 is 23.2 Å². The number of hydrogen-bond acceptors (Lipinski definition) is 5. The predicted molar refractivity (Wildman–Crippen MR) is 128 cm³/mol. The highest BCUT2D eigenvalue weighted by Gasteiger charge is 2.36. The van der Waals surface area contributed by atoms with Crippen molar-refractivity contribution in [3.8, 4) is 5.75 Å². The Morgan fingerprint density at radius 2 is 1.73 bits per heavy atom. The molecule has 0 aromatic heterocycles. The number of rotatable bonds is 10. The van der Waals surface area contributed by atoms with Crippen molar-refractivity contribution in [3.05, 3.63) is 71.8 Å². The molecule has 0 saturated carbocycles. The van der Waals surface area contributed by atoms with E-state index in [0.29, 0.717) is 10.8 Å². The maximum Gasteiger partial charge on any atom is 0.261 e. The van der Waals surface area contributed by atoms with Crippen LogP contribution in [-0.2, 0) is 14.8 Å². The van der Waals surface area contributed by atoms with Gasteiger partial charge in [-0.05, 0) is 47.4 Å². The van der Waals surface area contributed by atoms with E-state index in [9.17, 15) is 18.4 Å². The Kier molecular flexibility index (Phi) is 8.31. The van der Waals surface area contributed by atoms with Crippen molar-refractivity contribution >= 4 is 38.3 Å². The second kappa shape index (κ2) is 11.0. The van der Waals surface area contributed by atoms with E-state index in [1.165, 1.54) is 6.07 Å². The van der Waals surface area contributed by atoms with Crippen LogP contribution in [0.1, 0.15) is 20.3 Å². The van der Waals surface area contributed by atoms with Gasteiger partial charge in [0.05, 0.1) is 9.92 Å². The molecular formula is C24H27ClN2O5S. The summed E-state index contributed by atoms with van der Waals surface area (Å²) in [5.41, 5.74) is 1.61. The van der Waals surface area contributed by atoms with E-state index in [-0.39, 0.29) is 30.4 Å². The molecule has 176 valence electrons. The Bertz CT molecular complexity index is 1220. The van der Waals surface area contributed by atoms with Crippen LogP contribution in [0.5, 0.6) is 5.75 Å². The summed E-state index contributed by atoms with van der Waals surface area (Å²) in [6.07, 6.45) is 0.214. The van der Waals surface area contributed by atoms with Crippen LogP contribution in [0.2, 0.25) is 5.02 Å². The zero-order chi connectivity index (χ0) is 24.0. The summed E-state index contributed by atoms with van der Waals surface area (Å²) in [5, 5.41) is 11.4. The summed E-state index contributed by atoms with van der Waals surface area (Å²) < 4.78 is 34.2. The standard InChI is InChI=1S/C24H27ClN2O5S/c1-17(2)15-22(24(28)26-29)27(13-14-32-23-10-6-5-9-21(23)25)33(30,31)20-12-11-18-7-3-4-8-19(18)16-20/h3-12,16-17,22,29H,13-15H2,1-2H3,(H,26,28). The third kappa shape index (κ3) is 6.03. The predicted octanol–water partition coefficient (Wildman–Crippen LogP) is 4.48. The SMILES string of the molecule is CC(C)CC(C(=O)NO)N(CCOc1ccccc1Cl)S(=O)(=O)c1ccc2ccccc2c1. The van der Waals surface area contributed by atoms with E-state index in [0.717, 1.165) is 15.1 Å². The first-order chi connectivity index (χ1) is 15.7. The fraction of sp³-hybridized carbons (Fsp3) is 0.292. The van der Waals surface area contributed by atoms with Crippen molar-refractivity contribution in [1.29, 1.82) is 0 Å². The van der Waals surface area contributed by atoms with Crippen LogP contribution >= 0.6 is 11.6 Å². The van der Waals surface area contributed by atoms with Crippen molar-refractivity contribution in [1.82, 2.24) is 9.79 Å². The topological polar surface area (TPSA) is 95.9 Å². The lowest BCUT2D eigenvalue weighted by atomic mass is 10.0. The third-order valence-corrected chi connectivity index (χ3v) is 7.40. The van der Waals surface area contributed by atoms with E-state index in [4.69, 9.17) is 16.3 Å². The van der Waals surface area contributed by atoms with Crippen molar-refractivity contribution in [2.24, 2.45) is 5.92 Å². The molecule has 0 fully saturated rings. The summed E-state index contributed by atoms with van der Waals surface area (Å²) in [4.78, 5) is 12.6. The van der Waals surface area contributed by atoms with E-state index in [2.05, 4.69) is 0 Å². The van der Waals surface area contributed by atoms with Gasteiger partial charge in [-0.25, -0.2) is 13.9 Å².